The summed E-state index contributed by atoms with van der Waals surface area (Å²) in [5, 5.41) is 0. The number of hydrogen-bond donors (Lipinski definition) is 0. The molecule has 0 aliphatic carbocycles. The maximum absolute atomic E-state index is 12.3. The van der Waals surface area contributed by atoms with Crippen molar-refractivity contribution in [1.29, 1.82) is 0 Å². The van der Waals surface area contributed by atoms with Crippen molar-refractivity contribution in [1.82, 2.24) is 0 Å². The fourth-order valence-electron chi connectivity index (χ4n) is 0.953. The Morgan fingerprint density at radius 1 is 1.67 bits per heavy atom. The van der Waals surface area contributed by atoms with Gasteiger partial charge in [-0.3, -0.25) is 0 Å². The largest absolute Gasteiger partial charge is 0.372 e. The lowest BCUT2D eigenvalue weighted by Gasteiger charge is -2.03. The summed E-state index contributed by atoms with van der Waals surface area (Å²) in [4.78, 5) is 0. The highest BCUT2D eigenvalue weighted by atomic mass is 19.3. The van der Waals surface area contributed by atoms with E-state index in [1.54, 1.807) is 0 Å². The molecule has 0 aromatic rings. The number of ether oxygens (including phenoxy) is 1. The molecule has 1 saturated heterocycles. The standard InChI is InChI=1S/C6H10F2O/c1-2-5-3-6(7,8)4-9-5/h5H,2-4H2,1H3/t5-/m1/s1. The molecule has 0 bridgehead atoms. The van der Waals surface area contributed by atoms with Crippen LogP contribution in [-0.2, 0) is 4.74 Å². The van der Waals surface area contributed by atoms with Gasteiger partial charge in [-0.05, 0) is 6.42 Å². The minimum absolute atomic E-state index is 0.0938. The lowest BCUT2D eigenvalue weighted by Crippen LogP contribution is -2.14. The van der Waals surface area contributed by atoms with Gasteiger partial charge in [0.25, 0.3) is 5.92 Å². The average molecular weight is 136 g/mol. The summed E-state index contributed by atoms with van der Waals surface area (Å²) in [6.07, 6.45) is 0.388. The molecule has 0 aromatic heterocycles. The van der Waals surface area contributed by atoms with E-state index in [9.17, 15) is 8.78 Å². The third kappa shape index (κ3) is 1.61. The van der Waals surface area contributed by atoms with Crippen molar-refractivity contribution in [3.63, 3.8) is 0 Å². The molecule has 1 rings (SSSR count). The van der Waals surface area contributed by atoms with Crippen LogP contribution in [0.15, 0.2) is 0 Å². The Morgan fingerprint density at radius 3 is 2.56 bits per heavy atom. The Morgan fingerprint density at radius 2 is 2.33 bits per heavy atom. The molecule has 0 saturated carbocycles. The van der Waals surface area contributed by atoms with Crippen LogP contribution in [0, 0.1) is 0 Å². The normalized spacial score (nSPS) is 33.0. The van der Waals surface area contributed by atoms with Crippen LogP contribution in [0.1, 0.15) is 19.8 Å². The maximum atomic E-state index is 12.3. The van der Waals surface area contributed by atoms with Gasteiger partial charge in [0.15, 0.2) is 0 Å². The molecule has 1 heterocycles. The fourth-order valence-corrected chi connectivity index (χ4v) is 0.953. The van der Waals surface area contributed by atoms with Gasteiger partial charge in [-0.15, -0.1) is 0 Å². The van der Waals surface area contributed by atoms with Crippen LogP contribution in [0.3, 0.4) is 0 Å². The van der Waals surface area contributed by atoms with E-state index in [0.717, 1.165) is 0 Å². The molecule has 0 spiro atoms. The summed E-state index contributed by atoms with van der Waals surface area (Å²) in [5.74, 6) is -2.55. The topological polar surface area (TPSA) is 9.23 Å². The molecule has 9 heavy (non-hydrogen) atoms. The molecule has 0 radical (unpaired) electrons. The molecule has 1 fully saturated rings. The molecule has 1 nitrogen and oxygen atoms in total. The van der Waals surface area contributed by atoms with E-state index in [2.05, 4.69) is 0 Å². The third-order valence-corrected chi connectivity index (χ3v) is 1.51. The van der Waals surface area contributed by atoms with Crippen LogP contribution in [-0.4, -0.2) is 18.6 Å². The average Bonchev–Trinajstić information content (AvgIpc) is 2.10. The summed E-state index contributed by atoms with van der Waals surface area (Å²) in [7, 11) is 0. The van der Waals surface area contributed by atoms with Crippen LogP contribution in [0.2, 0.25) is 0 Å². The zero-order chi connectivity index (χ0) is 6.91. The van der Waals surface area contributed by atoms with E-state index >= 15 is 0 Å². The maximum Gasteiger partial charge on any atom is 0.273 e. The number of halogens is 2. The predicted molar refractivity (Wildman–Crippen MR) is 29.6 cm³/mol. The van der Waals surface area contributed by atoms with Gasteiger partial charge in [-0.1, -0.05) is 6.92 Å². The quantitative estimate of drug-likeness (QED) is 0.534. The Bertz CT molecular complexity index is 103. The Kier molecular flexibility index (Phi) is 1.70. The fraction of sp³-hybridized carbons (Fsp3) is 1.00. The molecule has 1 aliphatic rings. The Balaban J connectivity index is 2.38. The van der Waals surface area contributed by atoms with E-state index in [1.807, 2.05) is 6.92 Å². The molecular weight excluding hydrogens is 126 g/mol. The van der Waals surface area contributed by atoms with E-state index in [4.69, 9.17) is 4.74 Å². The zero-order valence-corrected chi connectivity index (χ0v) is 5.36. The van der Waals surface area contributed by atoms with Gasteiger partial charge < -0.3 is 4.74 Å². The Hall–Kier alpha value is -0.180. The highest BCUT2D eigenvalue weighted by Crippen LogP contribution is 2.30. The van der Waals surface area contributed by atoms with Crippen molar-refractivity contribution >= 4 is 0 Å². The first-order valence-electron chi connectivity index (χ1n) is 3.13. The number of rotatable bonds is 1. The summed E-state index contributed by atoms with van der Waals surface area (Å²) >= 11 is 0. The van der Waals surface area contributed by atoms with Gasteiger partial charge in [0.2, 0.25) is 0 Å². The first-order valence-corrected chi connectivity index (χ1v) is 3.13. The van der Waals surface area contributed by atoms with Crippen LogP contribution in [0.25, 0.3) is 0 Å². The first kappa shape index (κ1) is 6.93. The summed E-state index contributed by atoms with van der Waals surface area (Å²) in [6.45, 7) is 1.47. The van der Waals surface area contributed by atoms with Crippen molar-refractivity contribution in [3.05, 3.63) is 0 Å². The lowest BCUT2D eigenvalue weighted by atomic mass is 10.2. The monoisotopic (exact) mass is 136 g/mol. The zero-order valence-electron chi connectivity index (χ0n) is 5.36. The van der Waals surface area contributed by atoms with Gasteiger partial charge in [-0.25, -0.2) is 8.78 Å². The molecule has 0 aromatic carbocycles. The lowest BCUT2D eigenvalue weighted by molar-refractivity contribution is -0.0101. The van der Waals surface area contributed by atoms with Gasteiger partial charge >= 0.3 is 0 Å². The second-order valence-electron chi connectivity index (χ2n) is 2.40. The van der Waals surface area contributed by atoms with Crippen molar-refractivity contribution in [2.24, 2.45) is 0 Å². The third-order valence-electron chi connectivity index (χ3n) is 1.51. The van der Waals surface area contributed by atoms with E-state index in [-0.39, 0.29) is 19.1 Å². The second kappa shape index (κ2) is 2.21. The first-order chi connectivity index (χ1) is 4.14. The van der Waals surface area contributed by atoms with E-state index in [1.165, 1.54) is 0 Å². The second-order valence-corrected chi connectivity index (χ2v) is 2.40. The minimum atomic E-state index is -2.55. The van der Waals surface area contributed by atoms with Gasteiger partial charge in [-0.2, -0.15) is 0 Å². The van der Waals surface area contributed by atoms with E-state index in [0.29, 0.717) is 6.42 Å². The number of hydrogen-bond acceptors (Lipinski definition) is 1. The van der Waals surface area contributed by atoms with Gasteiger partial charge in [0, 0.05) is 6.42 Å². The van der Waals surface area contributed by atoms with Crippen LogP contribution < -0.4 is 0 Å². The number of alkyl halides is 2. The predicted octanol–water partition coefficient (Wildman–Crippen LogP) is 1.82. The van der Waals surface area contributed by atoms with Crippen LogP contribution >= 0.6 is 0 Å². The smallest absolute Gasteiger partial charge is 0.273 e. The molecule has 54 valence electrons. The SMILES string of the molecule is CC[C@@H]1CC(F)(F)CO1. The van der Waals surface area contributed by atoms with Gasteiger partial charge in [0.05, 0.1) is 6.10 Å². The molecular formula is C6H10F2O. The molecule has 1 aliphatic heterocycles. The molecule has 0 unspecified atom stereocenters. The molecule has 0 amide bonds. The molecule has 0 N–H and O–H groups in total. The highest BCUT2D eigenvalue weighted by molar-refractivity contribution is 4.78. The summed E-state index contributed by atoms with van der Waals surface area (Å²) in [5.41, 5.74) is 0. The van der Waals surface area contributed by atoms with Crippen molar-refractivity contribution in [2.75, 3.05) is 6.61 Å². The van der Waals surface area contributed by atoms with Crippen molar-refractivity contribution < 1.29 is 13.5 Å². The summed E-state index contributed by atoms with van der Waals surface area (Å²) in [6, 6.07) is 0. The van der Waals surface area contributed by atoms with E-state index < -0.39 is 5.92 Å². The van der Waals surface area contributed by atoms with Crippen LogP contribution in [0.4, 0.5) is 8.78 Å². The molecule has 1 atom stereocenters. The highest BCUT2D eigenvalue weighted by Gasteiger charge is 2.39. The minimum Gasteiger partial charge on any atom is -0.372 e. The van der Waals surface area contributed by atoms with Crippen LogP contribution in [0.5, 0.6) is 0 Å². The van der Waals surface area contributed by atoms with Crippen molar-refractivity contribution in [3.8, 4) is 0 Å². The van der Waals surface area contributed by atoms with Gasteiger partial charge in [0.1, 0.15) is 6.61 Å². The molecule has 3 heteroatoms. The van der Waals surface area contributed by atoms with Crippen molar-refractivity contribution in [2.45, 2.75) is 31.8 Å². The summed E-state index contributed by atoms with van der Waals surface area (Å²) < 4.78 is 29.3. The Labute approximate surface area is 53.0 Å².